The summed E-state index contributed by atoms with van der Waals surface area (Å²) in [4.78, 5) is 12.0. The number of aromatic nitrogens is 2. The lowest BCUT2D eigenvalue weighted by Crippen LogP contribution is -2.21. The first-order valence-corrected chi connectivity index (χ1v) is 10.8. The fourth-order valence-corrected chi connectivity index (χ4v) is 4.65. The number of hydrogen-bond donors (Lipinski definition) is 1. The van der Waals surface area contributed by atoms with Crippen LogP contribution in [0.5, 0.6) is 0 Å². The number of aryl methyl sites for hydroxylation is 2. The molecule has 1 aromatic carbocycles. The zero-order chi connectivity index (χ0) is 18.4. The molecule has 26 heavy (non-hydrogen) atoms. The van der Waals surface area contributed by atoms with Gasteiger partial charge in [-0.3, -0.25) is 4.79 Å². The van der Waals surface area contributed by atoms with Crippen LogP contribution in [-0.2, 0) is 16.1 Å². The van der Waals surface area contributed by atoms with Crippen molar-refractivity contribution in [2.45, 2.75) is 62.9 Å². The van der Waals surface area contributed by atoms with E-state index in [-0.39, 0.29) is 11.7 Å². The van der Waals surface area contributed by atoms with E-state index in [1.54, 1.807) is 0 Å². The number of anilines is 1. The van der Waals surface area contributed by atoms with Gasteiger partial charge < -0.3 is 10.1 Å². The molecule has 1 saturated carbocycles. The van der Waals surface area contributed by atoms with Crippen LogP contribution in [0.2, 0.25) is 0 Å². The van der Waals surface area contributed by atoms with Gasteiger partial charge in [0.05, 0.1) is 5.75 Å². The highest BCUT2D eigenvalue weighted by Crippen LogP contribution is 2.28. The van der Waals surface area contributed by atoms with E-state index < -0.39 is 0 Å². The van der Waals surface area contributed by atoms with Crippen LogP contribution in [0, 0.1) is 13.8 Å². The molecule has 0 unspecified atom stereocenters. The minimum absolute atomic E-state index is 0.229. The molecule has 0 saturated heterocycles. The number of nitrogens with one attached hydrogen (secondary N) is 1. The zero-order valence-electron chi connectivity index (χ0n) is 15.3. The molecule has 0 atom stereocenters. The second-order valence-electron chi connectivity index (χ2n) is 6.73. The number of carbonyl (C=O) groups excluding carboxylic acids is 1. The third-order valence-corrected chi connectivity index (χ3v) is 6.51. The van der Waals surface area contributed by atoms with Crippen molar-refractivity contribution < 1.29 is 9.53 Å². The number of rotatable bonds is 7. The number of ether oxygens (including phenoxy) is 1. The molecule has 0 bridgehead atoms. The third-order valence-electron chi connectivity index (χ3n) is 4.55. The Morgan fingerprint density at radius 3 is 2.88 bits per heavy atom. The Labute approximate surface area is 162 Å². The van der Waals surface area contributed by atoms with E-state index in [0.717, 1.165) is 20.6 Å². The topological polar surface area (TPSA) is 64.1 Å². The Hall–Kier alpha value is -1.60. The van der Waals surface area contributed by atoms with Gasteiger partial charge >= 0.3 is 5.97 Å². The van der Waals surface area contributed by atoms with Crippen LogP contribution in [0.25, 0.3) is 0 Å². The van der Waals surface area contributed by atoms with Crippen LogP contribution in [0.1, 0.15) is 48.8 Å². The molecule has 1 aliphatic carbocycles. The first kappa shape index (κ1) is 19.2. The maximum Gasteiger partial charge on any atom is 0.316 e. The van der Waals surface area contributed by atoms with E-state index in [1.807, 2.05) is 13.8 Å². The van der Waals surface area contributed by atoms with Crippen LogP contribution in [-0.4, -0.2) is 28.0 Å². The lowest BCUT2D eigenvalue weighted by atomic mass is 9.96. The molecule has 3 rings (SSSR count). The Bertz CT molecular complexity index is 742. The summed E-state index contributed by atoms with van der Waals surface area (Å²) >= 11 is 2.89. The maximum absolute atomic E-state index is 12.0. The molecule has 0 amide bonds. The Morgan fingerprint density at radius 1 is 1.27 bits per heavy atom. The van der Waals surface area contributed by atoms with Gasteiger partial charge in [0.15, 0.2) is 4.34 Å². The van der Waals surface area contributed by atoms with Crippen molar-refractivity contribution in [3.05, 3.63) is 34.9 Å². The van der Waals surface area contributed by atoms with Crippen molar-refractivity contribution in [2.75, 3.05) is 11.1 Å². The molecule has 1 aliphatic rings. The molecule has 2 aromatic rings. The molecule has 0 spiro atoms. The molecular weight excluding hydrogens is 366 g/mol. The van der Waals surface area contributed by atoms with Gasteiger partial charge in [-0.15, -0.1) is 10.2 Å². The lowest BCUT2D eigenvalue weighted by Gasteiger charge is -2.21. The highest BCUT2D eigenvalue weighted by molar-refractivity contribution is 8.01. The molecule has 1 fully saturated rings. The predicted octanol–water partition coefficient (Wildman–Crippen LogP) is 4.74. The van der Waals surface area contributed by atoms with Gasteiger partial charge in [-0.25, -0.2) is 0 Å². The van der Waals surface area contributed by atoms with Gasteiger partial charge in [0, 0.05) is 6.04 Å². The minimum Gasteiger partial charge on any atom is -0.460 e. The molecular formula is C19H25N3O2S2. The number of esters is 1. The SMILES string of the molecule is Cc1ccc(C)c(COC(=O)CSc2nnc(NC3CCCCC3)s2)c1. The first-order chi connectivity index (χ1) is 12.6. The standard InChI is InChI=1S/C19H25N3O2S2/c1-13-8-9-14(2)15(10-13)11-24-17(23)12-25-19-22-21-18(26-19)20-16-6-4-3-5-7-16/h8-10,16H,3-7,11-12H2,1-2H3,(H,20,21). The van der Waals surface area contributed by atoms with Gasteiger partial charge in [0.2, 0.25) is 5.13 Å². The lowest BCUT2D eigenvalue weighted by molar-refractivity contribution is -0.141. The van der Waals surface area contributed by atoms with Gasteiger partial charge in [-0.1, -0.05) is 66.1 Å². The van der Waals surface area contributed by atoms with Crippen LogP contribution in [0.4, 0.5) is 5.13 Å². The van der Waals surface area contributed by atoms with Crippen molar-refractivity contribution in [3.63, 3.8) is 0 Å². The summed E-state index contributed by atoms with van der Waals surface area (Å²) < 4.78 is 6.19. The normalized spacial score (nSPS) is 15.0. The van der Waals surface area contributed by atoms with E-state index in [0.29, 0.717) is 12.6 Å². The van der Waals surface area contributed by atoms with Crippen molar-refractivity contribution in [1.82, 2.24) is 10.2 Å². The fourth-order valence-electron chi connectivity index (χ4n) is 3.02. The molecule has 0 aliphatic heterocycles. The van der Waals surface area contributed by atoms with E-state index in [4.69, 9.17) is 4.74 Å². The van der Waals surface area contributed by atoms with Crippen LogP contribution in [0.15, 0.2) is 22.5 Å². The molecule has 1 N–H and O–H groups in total. The summed E-state index contributed by atoms with van der Waals surface area (Å²) in [6, 6.07) is 6.68. The second-order valence-corrected chi connectivity index (χ2v) is 8.93. The van der Waals surface area contributed by atoms with Crippen LogP contribution < -0.4 is 5.32 Å². The van der Waals surface area contributed by atoms with Gasteiger partial charge in [0.25, 0.3) is 0 Å². The van der Waals surface area contributed by atoms with E-state index >= 15 is 0 Å². The fraction of sp³-hybridized carbons (Fsp3) is 0.526. The summed E-state index contributed by atoms with van der Waals surface area (Å²) in [5, 5.41) is 12.7. The molecule has 7 heteroatoms. The van der Waals surface area contributed by atoms with E-state index in [1.165, 1.54) is 60.8 Å². The van der Waals surface area contributed by atoms with Gasteiger partial charge in [-0.2, -0.15) is 0 Å². The van der Waals surface area contributed by atoms with Crippen molar-refractivity contribution in [2.24, 2.45) is 0 Å². The quantitative estimate of drug-likeness (QED) is 0.543. The van der Waals surface area contributed by atoms with Gasteiger partial charge in [-0.05, 0) is 37.8 Å². The van der Waals surface area contributed by atoms with Crippen LogP contribution >= 0.6 is 23.1 Å². The Balaban J connectivity index is 1.42. The average molecular weight is 392 g/mol. The van der Waals surface area contributed by atoms with E-state index in [9.17, 15) is 4.79 Å². The highest BCUT2D eigenvalue weighted by atomic mass is 32.2. The number of nitrogens with zero attached hydrogens (tertiary/aromatic N) is 2. The summed E-state index contributed by atoms with van der Waals surface area (Å²) in [6.45, 7) is 4.38. The Morgan fingerprint density at radius 2 is 2.08 bits per heavy atom. The summed E-state index contributed by atoms with van der Waals surface area (Å²) in [5.41, 5.74) is 3.36. The highest BCUT2D eigenvalue weighted by Gasteiger charge is 2.16. The van der Waals surface area contributed by atoms with E-state index in [2.05, 4.69) is 33.7 Å². The Kier molecular flexibility index (Phi) is 6.91. The molecule has 5 nitrogen and oxygen atoms in total. The van der Waals surface area contributed by atoms with Crippen molar-refractivity contribution >= 4 is 34.2 Å². The van der Waals surface area contributed by atoms with Crippen molar-refractivity contribution in [1.29, 1.82) is 0 Å². The molecule has 1 heterocycles. The number of benzene rings is 1. The summed E-state index contributed by atoms with van der Waals surface area (Å²) in [5.74, 6) is 0.0241. The number of carbonyl (C=O) groups is 1. The predicted molar refractivity (Wildman–Crippen MR) is 107 cm³/mol. The minimum atomic E-state index is -0.229. The maximum atomic E-state index is 12.0. The number of thioether (sulfide) groups is 1. The summed E-state index contributed by atoms with van der Waals surface area (Å²) in [7, 11) is 0. The smallest absolute Gasteiger partial charge is 0.316 e. The average Bonchev–Trinajstić information content (AvgIpc) is 3.09. The molecule has 0 radical (unpaired) electrons. The summed E-state index contributed by atoms with van der Waals surface area (Å²) in [6.07, 6.45) is 6.30. The van der Waals surface area contributed by atoms with Crippen molar-refractivity contribution in [3.8, 4) is 0 Å². The van der Waals surface area contributed by atoms with Gasteiger partial charge in [0.1, 0.15) is 6.61 Å². The monoisotopic (exact) mass is 391 g/mol. The first-order valence-electron chi connectivity index (χ1n) is 9.05. The largest absolute Gasteiger partial charge is 0.460 e. The molecule has 140 valence electrons. The zero-order valence-corrected chi connectivity index (χ0v) is 16.9. The number of hydrogen-bond acceptors (Lipinski definition) is 7. The third kappa shape index (κ3) is 5.71. The van der Waals surface area contributed by atoms with Crippen LogP contribution in [0.3, 0.4) is 0 Å². The molecule has 1 aromatic heterocycles. The second kappa shape index (κ2) is 9.37.